The second kappa shape index (κ2) is 8.66. The SMILES string of the molecule is CC(NCC=C(c1ccccc1)c1ccccc1)c1cccc(Cl)c1. The van der Waals surface area contributed by atoms with Crippen molar-refractivity contribution in [2.75, 3.05) is 6.54 Å². The molecule has 0 saturated carbocycles. The molecule has 3 rings (SSSR count). The first-order valence-corrected chi connectivity index (χ1v) is 8.91. The summed E-state index contributed by atoms with van der Waals surface area (Å²) >= 11 is 6.09. The molecule has 2 heteroatoms. The highest BCUT2D eigenvalue weighted by Crippen LogP contribution is 2.23. The molecule has 25 heavy (non-hydrogen) atoms. The Balaban J connectivity index is 1.78. The van der Waals surface area contributed by atoms with E-state index in [-0.39, 0.29) is 6.04 Å². The van der Waals surface area contributed by atoms with Gasteiger partial charge in [0.2, 0.25) is 0 Å². The normalized spacial score (nSPS) is 11.8. The summed E-state index contributed by atoms with van der Waals surface area (Å²) in [7, 11) is 0. The van der Waals surface area contributed by atoms with Crippen molar-refractivity contribution in [2.45, 2.75) is 13.0 Å². The molecule has 1 N–H and O–H groups in total. The smallest absolute Gasteiger partial charge is 0.0409 e. The van der Waals surface area contributed by atoms with Crippen LogP contribution in [0.4, 0.5) is 0 Å². The van der Waals surface area contributed by atoms with Gasteiger partial charge in [-0.2, -0.15) is 0 Å². The molecule has 0 saturated heterocycles. The van der Waals surface area contributed by atoms with E-state index in [1.165, 1.54) is 22.3 Å². The first-order chi connectivity index (χ1) is 12.2. The van der Waals surface area contributed by atoms with E-state index < -0.39 is 0 Å². The molecule has 0 radical (unpaired) electrons. The molecule has 126 valence electrons. The molecule has 0 aromatic heterocycles. The third-order valence-corrected chi connectivity index (χ3v) is 4.48. The summed E-state index contributed by atoms with van der Waals surface area (Å²) in [4.78, 5) is 0. The minimum atomic E-state index is 0.239. The Hall–Kier alpha value is -2.35. The Bertz CT molecular complexity index is 783. The van der Waals surface area contributed by atoms with Gasteiger partial charge in [0, 0.05) is 17.6 Å². The van der Waals surface area contributed by atoms with Crippen LogP contribution in [0, 0.1) is 0 Å². The predicted molar refractivity (Wildman–Crippen MR) is 108 cm³/mol. The number of rotatable bonds is 6. The summed E-state index contributed by atoms with van der Waals surface area (Å²) in [6, 6.07) is 29.3. The highest BCUT2D eigenvalue weighted by Gasteiger charge is 2.06. The fraction of sp³-hybridized carbons (Fsp3) is 0.130. The van der Waals surface area contributed by atoms with Gasteiger partial charge in [-0.25, -0.2) is 0 Å². The zero-order chi connectivity index (χ0) is 17.5. The molecule has 1 nitrogen and oxygen atoms in total. The van der Waals surface area contributed by atoms with Gasteiger partial charge in [0.15, 0.2) is 0 Å². The fourth-order valence-corrected chi connectivity index (χ4v) is 3.07. The van der Waals surface area contributed by atoms with Gasteiger partial charge in [0.25, 0.3) is 0 Å². The number of benzene rings is 3. The Labute approximate surface area is 155 Å². The van der Waals surface area contributed by atoms with Gasteiger partial charge in [-0.15, -0.1) is 0 Å². The summed E-state index contributed by atoms with van der Waals surface area (Å²) in [6.45, 7) is 2.94. The standard InChI is InChI=1S/C23H22ClN/c1-18(21-13-8-14-22(24)17-21)25-16-15-23(19-9-4-2-5-10-19)20-11-6-3-7-12-20/h2-15,17-18,25H,16H2,1H3. The molecule has 0 bridgehead atoms. The first kappa shape index (κ1) is 17.5. The molecule has 0 fully saturated rings. The van der Waals surface area contributed by atoms with E-state index in [4.69, 9.17) is 11.6 Å². The summed E-state index contributed by atoms with van der Waals surface area (Å²) in [5.74, 6) is 0. The van der Waals surface area contributed by atoms with Gasteiger partial charge in [-0.1, -0.05) is 90.5 Å². The monoisotopic (exact) mass is 347 g/mol. The van der Waals surface area contributed by atoms with Crippen LogP contribution < -0.4 is 5.32 Å². The lowest BCUT2D eigenvalue weighted by atomic mass is 9.97. The largest absolute Gasteiger partial charge is 0.307 e. The topological polar surface area (TPSA) is 12.0 Å². The van der Waals surface area contributed by atoms with E-state index in [0.717, 1.165) is 11.6 Å². The molecule has 0 aliphatic heterocycles. The van der Waals surface area contributed by atoms with Crippen LogP contribution in [0.25, 0.3) is 5.57 Å². The van der Waals surface area contributed by atoms with Crippen LogP contribution >= 0.6 is 11.6 Å². The minimum Gasteiger partial charge on any atom is -0.307 e. The summed E-state index contributed by atoms with van der Waals surface area (Å²) in [6.07, 6.45) is 2.26. The molecule has 0 amide bonds. The third kappa shape index (κ3) is 4.82. The van der Waals surface area contributed by atoms with Gasteiger partial charge in [-0.3, -0.25) is 0 Å². The fourth-order valence-electron chi connectivity index (χ4n) is 2.87. The summed E-state index contributed by atoms with van der Waals surface area (Å²) in [5, 5.41) is 4.34. The van der Waals surface area contributed by atoms with E-state index in [1.807, 2.05) is 30.3 Å². The number of nitrogens with one attached hydrogen (secondary N) is 1. The van der Waals surface area contributed by atoms with E-state index in [2.05, 4.69) is 72.9 Å². The zero-order valence-electron chi connectivity index (χ0n) is 14.3. The molecular weight excluding hydrogens is 326 g/mol. The molecule has 0 heterocycles. The number of hydrogen-bond donors (Lipinski definition) is 1. The van der Waals surface area contributed by atoms with Crippen LogP contribution in [0.1, 0.15) is 29.7 Å². The van der Waals surface area contributed by atoms with E-state index in [0.29, 0.717) is 0 Å². The lowest BCUT2D eigenvalue weighted by molar-refractivity contribution is 0.618. The van der Waals surface area contributed by atoms with Crippen LogP contribution in [-0.2, 0) is 0 Å². The molecule has 1 unspecified atom stereocenters. The average molecular weight is 348 g/mol. The van der Waals surface area contributed by atoms with Gasteiger partial charge in [-0.05, 0) is 41.3 Å². The Morgan fingerprint density at radius 2 is 1.48 bits per heavy atom. The number of halogens is 1. The lowest BCUT2D eigenvalue weighted by Crippen LogP contribution is -2.18. The average Bonchev–Trinajstić information content (AvgIpc) is 2.66. The zero-order valence-corrected chi connectivity index (χ0v) is 15.1. The second-order valence-electron chi connectivity index (χ2n) is 6.03. The maximum Gasteiger partial charge on any atom is 0.0409 e. The maximum atomic E-state index is 6.09. The van der Waals surface area contributed by atoms with E-state index >= 15 is 0 Å². The van der Waals surface area contributed by atoms with Gasteiger partial charge < -0.3 is 5.32 Å². The van der Waals surface area contributed by atoms with Crippen LogP contribution in [0.2, 0.25) is 5.02 Å². The van der Waals surface area contributed by atoms with Crippen molar-refractivity contribution in [2.24, 2.45) is 0 Å². The Morgan fingerprint density at radius 3 is 2.04 bits per heavy atom. The van der Waals surface area contributed by atoms with Crippen molar-refractivity contribution < 1.29 is 0 Å². The summed E-state index contributed by atoms with van der Waals surface area (Å²) in [5.41, 5.74) is 4.89. The van der Waals surface area contributed by atoms with Gasteiger partial charge >= 0.3 is 0 Å². The van der Waals surface area contributed by atoms with Crippen molar-refractivity contribution in [3.8, 4) is 0 Å². The van der Waals surface area contributed by atoms with Crippen LogP contribution in [0.5, 0.6) is 0 Å². The van der Waals surface area contributed by atoms with Crippen LogP contribution in [0.15, 0.2) is 91.0 Å². The summed E-state index contributed by atoms with van der Waals surface area (Å²) < 4.78 is 0. The van der Waals surface area contributed by atoms with Crippen molar-refractivity contribution >= 4 is 17.2 Å². The van der Waals surface area contributed by atoms with Crippen LogP contribution in [0.3, 0.4) is 0 Å². The molecule has 3 aromatic rings. The third-order valence-electron chi connectivity index (χ3n) is 4.25. The lowest BCUT2D eigenvalue weighted by Gasteiger charge is -2.14. The highest BCUT2D eigenvalue weighted by atomic mass is 35.5. The van der Waals surface area contributed by atoms with E-state index in [9.17, 15) is 0 Å². The van der Waals surface area contributed by atoms with Gasteiger partial charge in [0.1, 0.15) is 0 Å². The minimum absolute atomic E-state index is 0.239. The Morgan fingerprint density at radius 1 is 0.880 bits per heavy atom. The van der Waals surface area contributed by atoms with Crippen LogP contribution in [-0.4, -0.2) is 6.54 Å². The maximum absolute atomic E-state index is 6.09. The quantitative estimate of drug-likeness (QED) is 0.566. The van der Waals surface area contributed by atoms with Gasteiger partial charge in [0.05, 0.1) is 0 Å². The highest BCUT2D eigenvalue weighted by molar-refractivity contribution is 6.30. The molecule has 0 aliphatic rings. The molecule has 1 atom stereocenters. The van der Waals surface area contributed by atoms with Crippen molar-refractivity contribution in [1.29, 1.82) is 0 Å². The van der Waals surface area contributed by atoms with Crippen molar-refractivity contribution in [3.63, 3.8) is 0 Å². The molecule has 0 spiro atoms. The van der Waals surface area contributed by atoms with Crippen molar-refractivity contribution in [1.82, 2.24) is 5.32 Å². The van der Waals surface area contributed by atoms with E-state index in [1.54, 1.807) is 0 Å². The molecular formula is C23H22ClN. The molecule has 0 aliphatic carbocycles. The first-order valence-electron chi connectivity index (χ1n) is 8.54. The second-order valence-corrected chi connectivity index (χ2v) is 6.47. The molecule has 3 aromatic carbocycles. The Kier molecular flexibility index (Phi) is 6.05. The predicted octanol–water partition coefficient (Wildman–Crippen LogP) is 6.12. The van der Waals surface area contributed by atoms with Crippen molar-refractivity contribution in [3.05, 3.63) is 113 Å². The number of hydrogen-bond acceptors (Lipinski definition) is 1.